The first-order valence-electron chi connectivity index (χ1n) is 11.4. The molecule has 3 aromatic carbocycles. The normalized spacial score (nSPS) is 13.2. The Morgan fingerprint density at radius 3 is 2.06 bits per heavy atom. The van der Waals surface area contributed by atoms with E-state index >= 15 is 0 Å². The molecule has 188 valence electrons. The predicted molar refractivity (Wildman–Crippen MR) is 144 cm³/mol. The lowest BCUT2D eigenvalue weighted by Crippen LogP contribution is -2.40. The number of esters is 1. The zero-order valence-corrected chi connectivity index (χ0v) is 22.5. The van der Waals surface area contributed by atoms with Gasteiger partial charge in [0.15, 0.2) is 5.78 Å². The molecule has 1 amide bonds. The van der Waals surface area contributed by atoms with Crippen molar-refractivity contribution in [1.29, 1.82) is 0 Å². The molecule has 3 rings (SSSR count). The van der Waals surface area contributed by atoms with E-state index in [1.54, 1.807) is 55.6 Å². The monoisotopic (exact) mass is 571 g/mol. The lowest BCUT2D eigenvalue weighted by atomic mass is 9.72. The van der Waals surface area contributed by atoms with Gasteiger partial charge < -0.3 is 14.8 Å². The van der Waals surface area contributed by atoms with E-state index in [0.717, 1.165) is 4.47 Å². The number of hydrogen-bond donors (Lipinski definition) is 1. The fourth-order valence-corrected chi connectivity index (χ4v) is 4.60. The molecule has 0 saturated heterocycles. The number of rotatable bonds is 10. The van der Waals surface area contributed by atoms with Gasteiger partial charge in [-0.05, 0) is 72.6 Å². The van der Waals surface area contributed by atoms with Crippen molar-refractivity contribution < 1.29 is 23.9 Å². The molecular formula is C28H27BrClNO5. The predicted octanol–water partition coefficient (Wildman–Crippen LogP) is 6.53. The molecule has 0 spiro atoms. The number of halogens is 2. The van der Waals surface area contributed by atoms with Crippen LogP contribution in [0.25, 0.3) is 0 Å². The molecule has 0 aromatic heterocycles. The molecule has 0 aliphatic carbocycles. The molecule has 0 unspecified atom stereocenters. The molecule has 36 heavy (non-hydrogen) atoms. The SMILES string of the molecule is CC[C@@H](C(=O)c1ccc(Cl)cc1)[C@@H](c1ccc(Br)cc1)[C@@H](C(=O)Nc1ccc(OC)cc1)C(=O)OC. The van der Waals surface area contributed by atoms with Crippen LogP contribution in [0.2, 0.25) is 5.02 Å². The second-order valence-electron chi connectivity index (χ2n) is 8.18. The molecule has 6 nitrogen and oxygen atoms in total. The van der Waals surface area contributed by atoms with Crippen LogP contribution in [0.1, 0.15) is 35.2 Å². The highest BCUT2D eigenvalue weighted by Gasteiger charge is 2.43. The molecule has 8 heteroatoms. The van der Waals surface area contributed by atoms with E-state index in [0.29, 0.717) is 34.0 Å². The van der Waals surface area contributed by atoms with Crippen LogP contribution in [0.3, 0.4) is 0 Å². The smallest absolute Gasteiger partial charge is 0.318 e. The van der Waals surface area contributed by atoms with E-state index in [2.05, 4.69) is 21.2 Å². The molecule has 0 bridgehead atoms. The van der Waals surface area contributed by atoms with E-state index in [1.807, 2.05) is 31.2 Å². The highest BCUT2D eigenvalue weighted by Crippen LogP contribution is 2.38. The average molecular weight is 573 g/mol. The molecular weight excluding hydrogens is 546 g/mol. The average Bonchev–Trinajstić information content (AvgIpc) is 2.89. The zero-order valence-electron chi connectivity index (χ0n) is 20.2. The summed E-state index contributed by atoms with van der Waals surface area (Å²) >= 11 is 9.44. The number of nitrogens with one attached hydrogen (secondary N) is 1. The van der Waals surface area contributed by atoms with Crippen molar-refractivity contribution in [3.8, 4) is 5.75 Å². The largest absolute Gasteiger partial charge is 0.497 e. The lowest BCUT2D eigenvalue weighted by Gasteiger charge is -2.31. The number of carbonyl (C=O) groups excluding carboxylic acids is 3. The quantitative estimate of drug-likeness (QED) is 0.170. The van der Waals surface area contributed by atoms with Crippen LogP contribution in [0.15, 0.2) is 77.3 Å². The molecule has 0 saturated carbocycles. The van der Waals surface area contributed by atoms with E-state index in [9.17, 15) is 14.4 Å². The van der Waals surface area contributed by atoms with Gasteiger partial charge in [-0.15, -0.1) is 0 Å². The standard InChI is InChI=1S/C28H27BrClNO5/c1-4-23(26(32)18-7-11-20(30)12-8-18)24(17-5-9-19(29)10-6-17)25(28(34)36-3)27(33)31-21-13-15-22(35-2)16-14-21/h5-16,23-25H,4H2,1-3H3,(H,31,33)/t23-,24-,25+/m1/s1. The van der Waals surface area contributed by atoms with Crippen LogP contribution in [0.4, 0.5) is 5.69 Å². The third kappa shape index (κ3) is 6.53. The summed E-state index contributed by atoms with van der Waals surface area (Å²) in [6.45, 7) is 1.86. The number of benzene rings is 3. The summed E-state index contributed by atoms with van der Waals surface area (Å²) < 4.78 is 11.1. The summed E-state index contributed by atoms with van der Waals surface area (Å²) in [6.07, 6.45) is 0.394. The first-order chi connectivity index (χ1) is 17.3. The summed E-state index contributed by atoms with van der Waals surface area (Å²) in [5.41, 5.74) is 1.61. The molecule has 0 aliphatic heterocycles. The van der Waals surface area contributed by atoms with Crippen LogP contribution in [-0.4, -0.2) is 31.9 Å². The first kappa shape index (κ1) is 27.4. The number of carbonyl (C=O) groups is 3. The fourth-order valence-electron chi connectivity index (χ4n) is 4.21. The fraction of sp³-hybridized carbons (Fsp3) is 0.250. The van der Waals surface area contributed by atoms with Gasteiger partial charge in [0, 0.05) is 32.6 Å². The van der Waals surface area contributed by atoms with Crippen LogP contribution in [0, 0.1) is 11.8 Å². The van der Waals surface area contributed by atoms with Crippen LogP contribution >= 0.6 is 27.5 Å². The number of amides is 1. The Hall–Kier alpha value is -3.16. The minimum atomic E-state index is -1.28. The van der Waals surface area contributed by atoms with Gasteiger partial charge in [-0.25, -0.2) is 0 Å². The van der Waals surface area contributed by atoms with Crippen molar-refractivity contribution in [2.45, 2.75) is 19.3 Å². The Labute approximate surface area is 224 Å². The van der Waals surface area contributed by atoms with Crippen molar-refractivity contribution in [2.75, 3.05) is 19.5 Å². The highest BCUT2D eigenvalue weighted by molar-refractivity contribution is 9.10. The maximum atomic E-state index is 13.7. The van der Waals surface area contributed by atoms with Crippen molar-refractivity contribution >= 4 is 50.9 Å². The topological polar surface area (TPSA) is 81.7 Å². The van der Waals surface area contributed by atoms with Crippen molar-refractivity contribution in [1.82, 2.24) is 0 Å². The van der Waals surface area contributed by atoms with E-state index in [4.69, 9.17) is 21.1 Å². The van der Waals surface area contributed by atoms with Crippen LogP contribution in [-0.2, 0) is 14.3 Å². The van der Waals surface area contributed by atoms with Crippen molar-refractivity contribution in [2.24, 2.45) is 11.8 Å². The number of Topliss-reactive ketones (excluding diaryl/α,β-unsaturated/α-hetero) is 1. The Kier molecular flexibility index (Phi) is 9.67. The Morgan fingerprint density at radius 1 is 0.917 bits per heavy atom. The summed E-state index contributed by atoms with van der Waals surface area (Å²) in [5, 5.41) is 3.31. The number of ketones is 1. The molecule has 0 aliphatic rings. The summed E-state index contributed by atoms with van der Waals surface area (Å²) in [7, 11) is 2.78. The van der Waals surface area contributed by atoms with Crippen LogP contribution in [0.5, 0.6) is 5.75 Å². The van der Waals surface area contributed by atoms with Gasteiger partial charge in [-0.1, -0.05) is 46.6 Å². The first-order valence-corrected chi connectivity index (χ1v) is 12.5. The minimum Gasteiger partial charge on any atom is -0.497 e. The van der Waals surface area contributed by atoms with Crippen molar-refractivity contribution in [3.63, 3.8) is 0 Å². The van der Waals surface area contributed by atoms with Gasteiger partial charge in [0.1, 0.15) is 11.7 Å². The third-order valence-electron chi connectivity index (χ3n) is 6.05. The molecule has 3 aromatic rings. The van der Waals surface area contributed by atoms with E-state index in [1.165, 1.54) is 7.11 Å². The Bertz CT molecular complexity index is 1200. The van der Waals surface area contributed by atoms with Gasteiger partial charge in [-0.3, -0.25) is 14.4 Å². The van der Waals surface area contributed by atoms with Gasteiger partial charge >= 0.3 is 5.97 Å². The molecule has 1 N–H and O–H groups in total. The molecule has 0 fully saturated rings. The van der Waals surface area contributed by atoms with Gasteiger partial charge in [0.2, 0.25) is 5.91 Å². The zero-order chi connectivity index (χ0) is 26.2. The Morgan fingerprint density at radius 2 is 1.53 bits per heavy atom. The second-order valence-corrected chi connectivity index (χ2v) is 9.53. The molecule has 3 atom stereocenters. The number of anilines is 1. The van der Waals surface area contributed by atoms with E-state index in [-0.39, 0.29) is 5.78 Å². The number of ether oxygens (including phenoxy) is 2. The van der Waals surface area contributed by atoms with Gasteiger partial charge in [-0.2, -0.15) is 0 Å². The maximum absolute atomic E-state index is 13.7. The van der Waals surface area contributed by atoms with E-state index < -0.39 is 29.6 Å². The summed E-state index contributed by atoms with van der Waals surface area (Å²) in [4.78, 5) is 40.4. The summed E-state index contributed by atoms with van der Waals surface area (Å²) in [6, 6.07) is 20.6. The second kappa shape index (κ2) is 12.7. The van der Waals surface area contributed by atoms with Gasteiger partial charge in [0.25, 0.3) is 0 Å². The molecule has 0 radical (unpaired) electrons. The Balaban J connectivity index is 2.07. The minimum absolute atomic E-state index is 0.187. The lowest BCUT2D eigenvalue weighted by molar-refractivity contribution is -0.150. The maximum Gasteiger partial charge on any atom is 0.318 e. The highest BCUT2D eigenvalue weighted by atomic mass is 79.9. The number of hydrogen-bond acceptors (Lipinski definition) is 5. The van der Waals surface area contributed by atoms with Crippen LogP contribution < -0.4 is 10.1 Å². The number of methoxy groups -OCH3 is 2. The summed E-state index contributed by atoms with van der Waals surface area (Å²) in [5.74, 6) is -3.59. The third-order valence-corrected chi connectivity index (χ3v) is 6.83. The van der Waals surface area contributed by atoms with Crippen molar-refractivity contribution in [3.05, 3.63) is 93.4 Å². The molecule has 0 heterocycles. The van der Waals surface area contributed by atoms with Gasteiger partial charge in [0.05, 0.1) is 14.2 Å².